The number of rotatable bonds is 25. The van der Waals surface area contributed by atoms with Gasteiger partial charge < -0.3 is 42.9 Å². The maximum absolute atomic E-state index is 3.73. The number of nitrogens with one attached hydrogen (secondary N) is 1. The Kier molecular flexibility index (Phi) is 31.1. The second-order valence-electron chi connectivity index (χ2n) is 11.9. The van der Waals surface area contributed by atoms with Crippen LogP contribution in [0.4, 0.5) is 0 Å². The summed E-state index contributed by atoms with van der Waals surface area (Å²) in [5.74, 6) is 0. The summed E-state index contributed by atoms with van der Waals surface area (Å²) < 4.78 is 2.33. The first kappa shape index (κ1) is 39.4. The summed E-state index contributed by atoms with van der Waals surface area (Å²) in [5, 5.41) is 3.73. The molecule has 0 atom stereocenters. The van der Waals surface area contributed by atoms with Crippen molar-refractivity contribution in [2.45, 2.75) is 129 Å². The Bertz CT molecular complexity index is 354. The van der Waals surface area contributed by atoms with Crippen LogP contribution in [0, 0.1) is 0 Å². The molecule has 0 saturated carbocycles. The molecule has 0 aromatic carbocycles. The van der Waals surface area contributed by atoms with Gasteiger partial charge in [0, 0.05) is 6.54 Å². The Labute approximate surface area is 237 Å². The fraction of sp³-hybridized carbons (Fsp3) is 1.00. The highest BCUT2D eigenvalue weighted by atomic mass is 79.9. The van der Waals surface area contributed by atoms with Crippen molar-refractivity contribution in [3.63, 3.8) is 0 Å². The zero-order valence-corrected chi connectivity index (χ0v) is 27.6. The zero-order chi connectivity index (χ0) is 24.0. The molecule has 3 nitrogen and oxygen atoms in total. The van der Waals surface area contributed by atoms with Crippen LogP contribution >= 0.6 is 0 Å². The number of quaternary nitrogens is 2. The van der Waals surface area contributed by atoms with Gasteiger partial charge in [-0.05, 0) is 38.5 Å². The van der Waals surface area contributed by atoms with Crippen molar-refractivity contribution in [3.8, 4) is 0 Å². The van der Waals surface area contributed by atoms with Gasteiger partial charge in [-0.25, -0.2) is 0 Å². The highest BCUT2D eigenvalue weighted by molar-refractivity contribution is 4.49. The molecule has 0 bridgehead atoms. The highest BCUT2D eigenvalue weighted by Crippen LogP contribution is 2.12. The molecule has 0 radical (unpaired) electrons. The van der Waals surface area contributed by atoms with Crippen LogP contribution in [0.1, 0.15) is 129 Å². The summed E-state index contributed by atoms with van der Waals surface area (Å²) in [6, 6.07) is 0. The smallest absolute Gasteiger partial charge is 0.132 e. The molecule has 210 valence electrons. The summed E-state index contributed by atoms with van der Waals surface area (Å²) in [7, 11) is 9.63. The molecular formula is C29H65Br2N3. The molecular weight excluding hydrogens is 550 g/mol. The molecule has 0 spiro atoms. The first-order valence-corrected chi connectivity index (χ1v) is 14.7. The van der Waals surface area contributed by atoms with E-state index in [9.17, 15) is 0 Å². The molecule has 0 aliphatic rings. The van der Waals surface area contributed by atoms with Gasteiger partial charge in [-0.3, -0.25) is 5.32 Å². The third-order valence-electron chi connectivity index (χ3n) is 7.14. The van der Waals surface area contributed by atoms with Crippen LogP contribution in [-0.4, -0.2) is 70.0 Å². The van der Waals surface area contributed by atoms with E-state index in [-0.39, 0.29) is 34.0 Å². The van der Waals surface area contributed by atoms with Crippen molar-refractivity contribution in [2.75, 3.05) is 61.0 Å². The van der Waals surface area contributed by atoms with Gasteiger partial charge in [0.15, 0.2) is 0 Å². The molecule has 0 amide bonds. The minimum absolute atomic E-state index is 0. The second-order valence-corrected chi connectivity index (χ2v) is 11.9. The van der Waals surface area contributed by atoms with Crippen LogP contribution in [0.2, 0.25) is 0 Å². The molecule has 0 aromatic rings. The average molecular weight is 616 g/mol. The Morgan fingerprint density at radius 3 is 1.15 bits per heavy atom. The fourth-order valence-corrected chi connectivity index (χ4v) is 4.71. The zero-order valence-electron chi connectivity index (χ0n) is 24.4. The second kappa shape index (κ2) is 26.9. The first-order valence-electron chi connectivity index (χ1n) is 14.7. The average Bonchev–Trinajstić information content (AvgIpc) is 2.74. The van der Waals surface area contributed by atoms with Gasteiger partial charge in [-0.2, -0.15) is 0 Å². The lowest BCUT2D eigenvalue weighted by Crippen LogP contribution is -3.00. The Morgan fingerprint density at radius 1 is 0.412 bits per heavy atom. The minimum atomic E-state index is 0. The summed E-state index contributed by atoms with van der Waals surface area (Å²) in [4.78, 5) is 0. The van der Waals surface area contributed by atoms with Crippen LogP contribution in [0.3, 0.4) is 0 Å². The Hall–Kier alpha value is 0.840. The topological polar surface area (TPSA) is 12.0 Å². The van der Waals surface area contributed by atoms with Crippen molar-refractivity contribution in [2.24, 2.45) is 0 Å². The normalized spacial score (nSPS) is 11.8. The third-order valence-corrected chi connectivity index (χ3v) is 7.14. The molecule has 0 rings (SSSR count). The van der Waals surface area contributed by atoms with E-state index in [0.717, 1.165) is 11.2 Å². The van der Waals surface area contributed by atoms with Gasteiger partial charge in [0.25, 0.3) is 0 Å². The Balaban J connectivity index is -0.00000480. The number of halogens is 2. The van der Waals surface area contributed by atoms with Crippen molar-refractivity contribution in [1.82, 2.24) is 5.32 Å². The van der Waals surface area contributed by atoms with E-state index >= 15 is 0 Å². The molecule has 34 heavy (non-hydrogen) atoms. The molecule has 0 saturated heterocycles. The number of unbranched alkanes of at least 4 members (excludes halogenated alkanes) is 15. The largest absolute Gasteiger partial charge is 1.00 e. The minimum Gasteiger partial charge on any atom is -1.00 e. The molecule has 0 aliphatic carbocycles. The van der Waals surface area contributed by atoms with Crippen LogP contribution in [0.25, 0.3) is 0 Å². The number of hydrogen-bond donors (Lipinski definition) is 1. The molecule has 0 fully saturated rings. The van der Waals surface area contributed by atoms with Gasteiger partial charge in [0.1, 0.15) is 6.67 Å². The molecule has 5 heteroatoms. The standard InChI is InChI=1S/C29H65N3.2BrH/c1-7-9-11-13-15-17-19-22-26-31(3,4)27-24-21-25-30-29-32(5,6)28-23-20-18-16-14-12-10-8-2;;/h30H,7-29H2,1-6H3;2*1H/q+2;;/p-2. The van der Waals surface area contributed by atoms with Crippen LogP contribution in [0.5, 0.6) is 0 Å². The lowest BCUT2D eigenvalue weighted by Gasteiger charge is -2.31. The van der Waals surface area contributed by atoms with Crippen molar-refractivity contribution in [1.29, 1.82) is 0 Å². The fourth-order valence-electron chi connectivity index (χ4n) is 4.71. The van der Waals surface area contributed by atoms with Gasteiger partial charge >= 0.3 is 0 Å². The van der Waals surface area contributed by atoms with Crippen molar-refractivity contribution < 1.29 is 42.9 Å². The summed E-state index contributed by atoms with van der Waals surface area (Å²) >= 11 is 0. The van der Waals surface area contributed by atoms with E-state index in [1.54, 1.807) is 0 Å². The molecule has 0 aromatic heterocycles. The quantitative estimate of drug-likeness (QED) is 0.0939. The van der Waals surface area contributed by atoms with Crippen LogP contribution in [-0.2, 0) is 0 Å². The highest BCUT2D eigenvalue weighted by Gasteiger charge is 2.15. The van der Waals surface area contributed by atoms with Crippen LogP contribution < -0.4 is 39.3 Å². The summed E-state index contributed by atoms with van der Waals surface area (Å²) in [6.07, 6.45) is 25.4. The van der Waals surface area contributed by atoms with E-state index in [0.29, 0.717) is 0 Å². The van der Waals surface area contributed by atoms with Gasteiger partial charge in [-0.1, -0.05) is 90.9 Å². The van der Waals surface area contributed by atoms with E-state index in [4.69, 9.17) is 0 Å². The first-order chi connectivity index (χ1) is 15.3. The maximum Gasteiger partial charge on any atom is 0.132 e. The summed E-state index contributed by atoms with van der Waals surface area (Å²) in [6.45, 7) is 10.9. The molecule has 0 unspecified atom stereocenters. The van der Waals surface area contributed by atoms with E-state index in [2.05, 4.69) is 47.4 Å². The Morgan fingerprint density at radius 2 is 0.735 bits per heavy atom. The van der Waals surface area contributed by atoms with Gasteiger partial charge in [0.2, 0.25) is 0 Å². The SMILES string of the molecule is CCCCCCCCCC[N+](C)(C)CCCCNC[N+](C)(C)CCCCCCCCCC.[Br-].[Br-]. The molecule has 1 N–H and O–H groups in total. The maximum atomic E-state index is 3.73. The lowest BCUT2D eigenvalue weighted by atomic mass is 10.1. The van der Waals surface area contributed by atoms with Gasteiger partial charge in [-0.15, -0.1) is 0 Å². The summed E-state index contributed by atoms with van der Waals surface area (Å²) in [5.41, 5.74) is 0. The van der Waals surface area contributed by atoms with Crippen molar-refractivity contribution in [3.05, 3.63) is 0 Å². The van der Waals surface area contributed by atoms with E-state index < -0.39 is 0 Å². The number of hydrogen-bond acceptors (Lipinski definition) is 1. The lowest BCUT2D eigenvalue weighted by molar-refractivity contribution is -0.893. The number of nitrogens with zero attached hydrogens (tertiary/aromatic N) is 2. The monoisotopic (exact) mass is 613 g/mol. The molecule has 0 heterocycles. The van der Waals surface area contributed by atoms with Gasteiger partial charge in [0.05, 0.1) is 47.8 Å². The molecule has 0 aliphatic heterocycles. The van der Waals surface area contributed by atoms with Crippen LogP contribution in [0.15, 0.2) is 0 Å². The third kappa shape index (κ3) is 29.1. The van der Waals surface area contributed by atoms with E-state index in [1.165, 1.54) is 146 Å². The van der Waals surface area contributed by atoms with E-state index in [1.807, 2.05) is 0 Å². The van der Waals surface area contributed by atoms with Crippen molar-refractivity contribution >= 4 is 0 Å². The predicted molar refractivity (Wildman–Crippen MR) is 146 cm³/mol. The predicted octanol–water partition coefficient (Wildman–Crippen LogP) is 1.76.